The number of aromatic nitrogens is 2. The molecule has 0 N–H and O–H groups in total. The van der Waals surface area contributed by atoms with Crippen molar-refractivity contribution < 1.29 is 0 Å². The summed E-state index contributed by atoms with van der Waals surface area (Å²) in [5.41, 5.74) is 10.1. The highest BCUT2D eigenvalue weighted by Gasteiger charge is 2.14. The summed E-state index contributed by atoms with van der Waals surface area (Å²) in [6.45, 7) is 0. The van der Waals surface area contributed by atoms with Crippen LogP contribution in [-0.4, -0.2) is 9.97 Å². The SMILES string of the molecule is c1ccc2cc(-c3ccc4cc(-c5ccc(-c6c7ccccc7nc7c6ccc6cccnc67)cc5)ccc4c3)ccc2c1. The van der Waals surface area contributed by atoms with E-state index in [0.29, 0.717) is 0 Å². The number of para-hydroxylation sites is 1. The molecule has 0 aliphatic rings. The van der Waals surface area contributed by atoms with E-state index in [0.717, 1.165) is 32.7 Å². The Morgan fingerprint density at radius 1 is 0.341 bits per heavy atom. The molecule has 0 saturated heterocycles. The molecule has 204 valence electrons. The fraction of sp³-hybridized carbons (Fsp3) is 0. The van der Waals surface area contributed by atoms with Gasteiger partial charge in [0.2, 0.25) is 0 Å². The second-order valence-electron chi connectivity index (χ2n) is 11.5. The zero-order valence-electron chi connectivity index (χ0n) is 23.9. The van der Waals surface area contributed by atoms with Crippen molar-refractivity contribution in [3.63, 3.8) is 0 Å². The first-order chi connectivity index (χ1) is 21.8. The third kappa shape index (κ3) is 4.04. The van der Waals surface area contributed by atoms with Crippen molar-refractivity contribution in [1.29, 1.82) is 0 Å². The lowest BCUT2D eigenvalue weighted by Gasteiger charge is -2.13. The Morgan fingerprint density at radius 2 is 0.886 bits per heavy atom. The molecule has 0 saturated carbocycles. The highest BCUT2D eigenvalue weighted by atomic mass is 14.7. The van der Waals surface area contributed by atoms with Crippen LogP contribution in [0.15, 0.2) is 158 Å². The Bertz CT molecular complexity index is 2550. The van der Waals surface area contributed by atoms with Crippen molar-refractivity contribution in [3.05, 3.63) is 158 Å². The smallest absolute Gasteiger partial charge is 0.0978 e. The first kappa shape index (κ1) is 24.7. The molecule has 0 fully saturated rings. The Labute approximate surface area is 254 Å². The second kappa shape index (κ2) is 9.86. The fourth-order valence-corrected chi connectivity index (χ4v) is 6.61. The molecule has 0 unspecified atom stereocenters. The number of benzene rings is 7. The van der Waals surface area contributed by atoms with E-state index in [2.05, 4.69) is 146 Å². The molecular weight excluding hydrogens is 532 g/mol. The molecule has 9 aromatic rings. The van der Waals surface area contributed by atoms with Gasteiger partial charge in [0.25, 0.3) is 0 Å². The van der Waals surface area contributed by atoms with Gasteiger partial charge in [0.15, 0.2) is 0 Å². The highest BCUT2D eigenvalue weighted by Crippen LogP contribution is 2.38. The van der Waals surface area contributed by atoms with Gasteiger partial charge in [-0.3, -0.25) is 4.98 Å². The average Bonchev–Trinajstić information content (AvgIpc) is 3.10. The summed E-state index contributed by atoms with van der Waals surface area (Å²) in [6.07, 6.45) is 1.85. The summed E-state index contributed by atoms with van der Waals surface area (Å²) >= 11 is 0. The fourth-order valence-electron chi connectivity index (χ4n) is 6.61. The van der Waals surface area contributed by atoms with Crippen LogP contribution in [0.1, 0.15) is 0 Å². The lowest BCUT2D eigenvalue weighted by molar-refractivity contribution is 1.40. The molecule has 2 aromatic heterocycles. The zero-order chi connectivity index (χ0) is 29.0. The molecule has 2 nitrogen and oxygen atoms in total. The predicted octanol–water partition coefficient (Wildman–Crippen LogP) is 11.2. The van der Waals surface area contributed by atoms with Gasteiger partial charge in [-0.05, 0) is 79.7 Å². The van der Waals surface area contributed by atoms with Gasteiger partial charge < -0.3 is 0 Å². The van der Waals surface area contributed by atoms with Crippen LogP contribution in [0.25, 0.3) is 87.6 Å². The molecule has 0 amide bonds. The van der Waals surface area contributed by atoms with Gasteiger partial charge >= 0.3 is 0 Å². The van der Waals surface area contributed by atoms with Crippen molar-refractivity contribution in [3.8, 4) is 33.4 Å². The van der Waals surface area contributed by atoms with Crippen LogP contribution in [-0.2, 0) is 0 Å². The van der Waals surface area contributed by atoms with Crippen molar-refractivity contribution in [2.75, 3.05) is 0 Å². The maximum absolute atomic E-state index is 5.06. The van der Waals surface area contributed by atoms with Crippen LogP contribution in [0.5, 0.6) is 0 Å². The van der Waals surface area contributed by atoms with Gasteiger partial charge in [0, 0.05) is 27.9 Å². The van der Waals surface area contributed by atoms with Crippen molar-refractivity contribution in [2.45, 2.75) is 0 Å². The van der Waals surface area contributed by atoms with E-state index in [-0.39, 0.29) is 0 Å². The van der Waals surface area contributed by atoms with E-state index < -0.39 is 0 Å². The predicted molar refractivity (Wildman–Crippen MR) is 186 cm³/mol. The quantitative estimate of drug-likeness (QED) is 0.159. The molecule has 2 heteroatoms. The minimum absolute atomic E-state index is 0.938. The van der Waals surface area contributed by atoms with Gasteiger partial charge in [-0.25, -0.2) is 4.98 Å². The Balaban J connectivity index is 1.11. The number of pyridine rings is 2. The normalized spacial score (nSPS) is 11.6. The molecule has 0 aliphatic heterocycles. The van der Waals surface area contributed by atoms with Gasteiger partial charge in [-0.1, -0.05) is 121 Å². The van der Waals surface area contributed by atoms with E-state index in [1.54, 1.807) is 0 Å². The van der Waals surface area contributed by atoms with E-state index in [1.807, 2.05) is 12.3 Å². The molecule has 0 atom stereocenters. The summed E-state index contributed by atoms with van der Waals surface area (Å²) in [5, 5.41) is 8.38. The monoisotopic (exact) mass is 558 g/mol. The molecule has 7 aromatic carbocycles. The van der Waals surface area contributed by atoms with Crippen molar-refractivity contribution in [2.24, 2.45) is 0 Å². The van der Waals surface area contributed by atoms with E-state index in [1.165, 1.54) is 54.9 Å². The lowest BCUT2D eigenvalue weighted by atomic mass is 9.93. The van der Waals surface area contributed by atoms with Gasteiger partial charge in [-0.2, -0.15) is 0 Å². The summed E-state index contributed by atoms with van der Waals surface area (Å²) < 4.78 is 0. The van der Waals surface area contributed by atoms with Crippen LogP contribution < -0.4 is 0 Å². The van der Waals surface area contributed by atoms with Crippen LogP contribution in [0, 0.1) is 0 Å². The summed E-state index contributed by atoms with van der Waals surface area (Å²) in [4.78, 5) is 9.76. The zero-order valence-corrected chi connectivity index (χ0v) is 23.9. The lowest BCUT2D eigenvalue weighted by Crippen LogP contribution is -1.91. The first-order valence-corrected chi connectivity index (χ1v) is 15.0. The molecule has 9 rings (SSSR count). The van der Waals surface area contributed by atoms with E-state index in [4.69, 9.17) is 9.97 Å². The minimum atomic E-state index is 0.938. The number of hydrogen-bond acceptors (Lipinski definition) is 2. The second-order valence-corrected chi connectivity index (χ2v) is 11.5. The van der Waals surface area contributed by atoms with Crippen molar-refractivity contribution in [1.82, 2.24) is 9.97 Å². The van der Waals surface area contributed by atoms with Crippen LogP contribution in [0.2, 0.25) is 0 Å². The molecule has 44 heavy (non-hydrogen) atoms. The van der Waals surface area contributed by atoms with Gasteiger partial charge in [-0.15, -0.1) is 0 Å². The third-order valence-corrected chi connectivity index (χ3v) is 8.85. The Hall–Kier alpha value is -5.86. The number of hydrogen-bond donors (Lipinski definition) is 0. The molecule has 0 aliphatic carbocycles. The van der Waals surface area contributed by atoms with E-state index in [9.17, 15) is 0 Å². The maximum atomic E-state index is 5.06. The minimum Gasteiger partial charge on any atom is -0.254 e. The molecule has 2 heterocycles. The van der Waals surface area contributed by atoms with Gasteiger partial charge in [0.1, 0.15) is 0 Å². The van der Waals surface area contributed by atoms with Crippen LogP contribution in [0.3, 0.4) is 0 Å². The number of rotatable bonds is 3. The number of fused-ring (bicyclic) bond motifs is 6. The summed E-state index contributed by atoms with van der Waals surface area (Å²) in [7, 11) is 0. The first-order valence-electron chi connectivity index (χ1n) is 15.0. The molecular formula is C42H26N2. The Morgan fingerprint density at radius 3 is 1.66 bits per heavy atom. The van der Waals surface area contributed by atoms with Crippen LogP contribution >= 0.6 is 0 Å². The van der Waals surface area contributed by atoms with E-state index >= 15 is 0 Å². The number of nitrogens with zero attached hydrogens (tertiary/aromatic N) is 2. The largest absolute Gasteiger partial charge is 0.254 e. The summed E-state index contributed by atoms with van der Waals surface area (Å²) in [6, 6.07) is 54.5. The standard InChI is InChI=1S/C42H26N2/c1-2-7-31-24-33(16-13-27(31)6-1)36-20-19-34-25-32(17-18-35(34)26-36)28-11-14-29(15-12-28)40-37-9-3-4-10-39(37)44-42-38(40)22-21-30-8-5-23-43-41(30)42/h1-26H. The molecule has 0 spiro atoms. The Kier molecular flexibility index (Phi) is 5.54. The topological polar surface area (TPSA) is 25.8 Å². The summed E-state index contributed by atoms with van der Waals surface area (Å²) in [5.74, 6) is 0. The highest BCUT2D eigenvalue weighted by molar-refractivity contribution is 6.16. The maximum Gasteiger partial charge on any atom is 0.0978 e. The van der Waals surface area contributed by atoms with Crippen LogP contribution in [0.4, 0.5) is 0 Å². The van der Waals surface area contributed by atoms with Crippen molar-refractivity contribution >= 4 is 54.3 Å². The molecule has 0 radical (unpaired) electrons. The third-order valence-electron chi connectivity index (χ3n) is 8.85. The molecule has 0 bridgehead atoms. The van der Waals surface area contributed by atoms with Gasteiger partial charge in [0.05, 0.1) is 16.6 Å². The average molecular weight is 559 g/mol.